The lowest BCUT2D eigenvalue weighted by molar-refractivity contribution is 0.126. The summed E-state index contributed by atoms with van der Waals surface area (Å²) in [7, 11) is 0. The van der Waals surface area contributed by atoms with Crippen LogP contribution in [0.5, 0.6) is 0 Å². The van der Waals surface area contributed by atoms with Crippen LogP contribution >= 0.6 is 0 Å². The molecule has 6 atom stereocenters. The highest BCUT2D eigenvalue weighted by Gasteiger charge is 2.55. The molecule has 3 heteroatoms. The van der Waals surface area contributed by atoms with Gasteiger partial charge in [0, 0.05) is 17.8 Å². The van der Waals surface area contributed by atoms with Gasteiger partial charge in [-0.05, 0) is 6.92 Å². The fourth-order valence-electron chi connectivity index (χ4n) is 2.92. The maximum Gasteiger partial charge on any atom is 0.0851 e. The van der Waals surface area contributed by atoms with Gasteiger partial charge >= 0.3 is 0 Å². The Balaban J connectivity index is 2.03. The molecule has 2 bridgehead atoms. The predicted octanol–water partition coefficient (Wildman–Crippen LogP) is 1.00. The molecule has 1 fully saturated rings. The number of fused-ring (bicyclic) bond motifs is 5. The molecule has 1 aliphatic heterocycles. The quantitative estimate of drug-likeness (QED) is 0.533. The highest BCUT2D eigenvalue weighted by Crippen LogP contribution is 2.50. The number of hydrogen-bond acceptors (Lipinski definition) is 3. The molecule has 3 rings (SSSR count). The van der Waals surface area contributed by atoms with Gasteiger partial charge in [-0.15, -0.1) is 0 Å². The van der Waals surface area contributed by atoms with E-state index >= 15 is 0 Å². The van der Waals surface area contributed by atoms with E-state index in [2.05, 4.69) is 29.3 Å². The highest BCUT2D eigenvalue weighted by atomic mass is 16.3. The Hall–Kier alpha value is -0.700. The van der Waals surface area contributed by atoms with Gasteiger partial charge in [0.05, 0.1) is 18.2 Å². The molecule has 2 aliphatic carbocycles. The molecule has 1 N–H and O–H groups in total. The molecule has 0 aromatic heterocycles. The third-order valence-corrected chi connectivity index (χ3v) is 3.52. The number of hydrogen-bond donors (Lipinski definition) is 1. The molecule has 0 saturated heterocycles. The molecule has 12 heavy (non-hydrogen) atoms. The molecule has 3 nitrogen and oxygen atoms in total. The van der Waals surface area contributed by atoms with Crippen molar-refractivity contribution in [3.8, 4) is 0 Å². The first-order valence-corrected chi connectivity index (χ1v) is 4.55. The standard InChI is InChI=1S/C9H12N2O/c1-4-7-5-2-3-6(9(5)12)8(7)11-10-4/h2-9,12H,1H3. The van der Waals surface area contributed by atoms with E-state index in [0.29, 0.717) is 17.9 Å². The van der Waals surface area contributed by atoms with E-state index in [0.717, 1.165) is 0 Å². The van der Waals surface area contributed by atoms with Gasteiger partial charge < -0.3 is 5.11 Å². The average Bonchev–Trinajstić information content (AvgIpc) is 2.66. The Labute approximate surface area is 71.2 Å². The van der Waals surface area contributed by atoms with Gasteiger partial charge in [0.2, 0.25) is 0 Å². The summed E-state index contributed by atoms with van der Waals surface area (Å²) in [6, 6.07) is 0.592. The van der Waals surface area contributed by atoms with E-state index in [9.17, 15) is 5.11 Å². The molecule has 0 aromatic carbocycles. The van der Waals surface area contributed by atoms with Crippen LogP contribution in [-0.2, 0) is 0 Å². The smallest absolute Gasteiger partial charge is 0.0851 e. The van der Waals surface area contributed by atoms with E-state index in [1.807, 2.05) is 0 Å². The van der Waals surface area contributed by atoms with Crippen LogP contribution in [0.4, 0.5) is 0 Å². The van der Waals surface area contributed by atoms with E-state index in [1.54, 1.807) is 0 Å². The Morgan fingerprint density at radius 3 is 2.67 bits per heavy atom. The van der Waals surface area contributed by atoms with E-state index in [4.69, 9.17) is 0 Å². The second-order valence-electron chi connectivity index (χ2n) is 4.07. The minimum atomic E-state index is -0.179. The van der Waals surface area contributed by atoms with Crippen LogP contribution in [-0.4, -0.2) is 23.3 Å². The SMILES string of the molecule is CC1N=NC2C3C=CC(C3O)C12. The van der Waals surface area contributed by atoms with Gasteiger partial charge in [-0.3, -0.25) is 0 Å². The van der Waals surface area contributed by atoms with Gasteiger partial charge in [0.25, 0.3) is 0 Å². The minimum absolute atomic E-state index is 0.179. The van der Waals surface area contributed by atoms with Gasteiger partial charge in [-0.25, -0.2) is 0 Å². The second-order valence-corrected chi connectivity index (χ2v) is 4.07. The topological polar surface area (TPSA) is 45.0 Å². The van der Waals surface area contributed by atoms with E-state index in [-0.39, 0.29) is 18.1 Å². The molecular formula is C9H12N2O. The highest BCUT2D eigenvalue weighted by molar-refractivity contribution is 5.23. The van der Waals surface area contributed by atoms with Crippen LogP contribution in [0.15, 0.2) is 22.4 Å². The monoisotopic (exact) mass is 164 g/mol. The molecule has 3 aliphatic rings. The molecule has 0 spiro atoms. The molecular weight excluding hydrogens is 152 g/mol. The van der Waals surface area contributed by atoms with Crippen molar-refractivity contribution in [2.75, 3.05) is 0 Å². The van der Waals surface area contributed by atoms with Crippen molar-refractivity contribution < 1.29 is 5.11 Å². The van der Waals surface area contributed by atoms with Gasteiger partial charge in [0.1, 0.15) is 0 Å². The van der Waals surface area contributed by atoms with Gasteiger partial charge in [0.15, 0.2) is 0 Å². The average molecular weight is 164 g/mol. The van der Waals surface area contributed by atoms with Crippen LogP contribution < -0.4 is 0 Å². The maximum atomic E-state index is 9.79. The fourth-order valence-corrected chi connectivity index (χ4v) is 2.92. The van der Waals surface area contributed by atoms with Crippen molar-refractivity contribution in [2.24, 2.45) is 28.0 Å². The maximum absolute atomic E-state index is 9.79. The van der Waals surface area contributed by atoms with Crippen molar-refractivity contribution >= 4 is 0 Å². The molecule has 6 unspecified atom stereocenters. The van der Waals surface area contributed by atoms with Crippen molar-refractivity contribution in [1.82, 2.24) is 0 Å². The summed E-state index contributed by atoms with van der Waals surface area (Å²) in [4.78, 5) is 0. The summed E-state index contributed by atoms with van der Waals surface area (Å²) in [6.07, 6.45) is 4.07. The van der Waals surface area contributed by atoms with Crippen molar-refractivity contribution in [1.29, 1.82) is 0 Å². The van der Waals surface area contributed by atoms with Crippen molar-refractivity contribution in [2.45, 2.75) is 25.1 Å². The summed E-state index contributed by atoms with van der Waals surface area (Å²) in [5.41, 5.74) is 0. The normalized spacial score (nSPS) is 59.8. The largest absolute Gasteiger partial charge is 0.392 e. The number of rotatable bonds is 0. The lowest BCUT2D eigenvalue weighted by Gasteiger charge is -2.19. The second kappa shape index (κ2) is 1.96. The summed E-state index contributed by atoms with van der Waals surface area (Å²) in [5, 5.41) is 18.2. The van der Waals surface area contributed by atoms with Crippen LogP contribution in [0.3, 0.4) is 0 Å². The Morgan fingerprint density at radius 2 is 1.92 bits per heavy atom. The first-order valence-electron chi connectivity index (χ1n) is 4.55. The van der Waals surface area contributed by atoms with E-state index in [1.165, 1.54) is 0 Å². The molecule has 1 saturated carbocycles. The molecule has 0 aromatic rings. The third-order valence-electron chi connectivity index (χ3n) is 3.52. The molecule has 0 radical (unpaired) electrons. The van der Waals surface area contributed by atoms with E-state index < -0.39 is 0 Å². The Bertz CT molecular complexity index is 274. The predicted molar refractivity (Wildman–Crippen MR) is 43.7 cm³/mol. The summed E-state index contributed by atoms with van der Waals surface area (Å²) < 4.78 is 0. The first-order chi connectivity index (χ1) is 5.79. The van der Waals surface area contributed by atoms with Crippen LogP contribution in [0.1, 0.15) is 6.92 Å². The molecule has 1 heterocycles. The molecule has 0 amide bonds. The van der Waals surface area contributed by atoms with Crippen molar-refractivity contribution in [3.05, 3.63) is 12.2 Å². The van der Waals surface area contributed by atoms with Gasteiger partial charge in [-0.2, -0.15) is 10.2 Å². The number of nitrogens with zero attached hydrogens (tertiary/aromatic N) is 2. The number of azo groups is 1. The Kier molecular flexibility index (Phi) is 1.11. The Morgan fingerprint density at radius 1 is 1.17 bits per heavy atom. The molecule has 64 valence electrons. The van der Waals surface area contributed by atoms with Crippen molar-refractivity contribution in [3.63, 3.8) is 0 Å². The third kappa shape index (κ3) is 0.578. The lowest BCUT2D eigenvalue weighted by atomic mass is 9.86. The first kappa shape index (κ1) is 6.78. The summed E-state index contributed by atoms with van der Waals surface area (Å²) in [5.74, 6) is 1.06. The zero-order chi connectivity index (χ0) is 8.29. The zero-order valence-electron chi connectivity index (χ0n) is 6.96. The minimum Gasteiger partial charge on any atom is -0.392 e. The fraction of sp³-hybridized carbons (Fsp3) is 0.778. The van der Waals surface area contributed by atoms with Crippen LogP contribution in [0.25, 0.3) is 0 Å². The zero-order valence-corrected chi connectivity index (χ0v) is 6.96. The lowest BCUT2D eigenvalue weighted by Crippen LogP contribution is -2.25. The number of aliphatic hydroxyl groups excluding tert-OH is 1. The summed E-state index contributed by atoms with van der Waals surface area (Å²) >= 11 is 0. The number of aliphatic hydroxyl groups is 1. The summed E-state index contributed by atoms with van der Waals surface area (Å²) in [6.45, 7) is 2.09. The van der Waals surface area contributed by atoms with Crippen LogP contribution in [0, 0.1) is 17.8 Å². The van der Waals surface area contributed by atoms with Gasteiger partial charge in [-0.1, -0.05) is 12.2 Å². The van der Waals surface area contributed by atoms with Crippen LogP contribution in [0.2, 0.25) is 0 Å².